The number of carbonyl (C=O) groups excluding carboxylic acids is 2. The van der Waals surface area contributed by atoms with Crippen molar-refractivity contribution in [1.29, 1.82) is 0 Å². The lowest BCUT2D eigenvalue weighted by Gasteiger charge is -2.57. The van der Waals surface area contributed by atoms with Gasteiger partial charge in [0.25, 0.3) is 0 Å². The van der Waals surface area contributed by atoms with E-state index >= 15 is 0 Å². The van der Waals surface area contributed by atoms with Crippen LogP contribution < -0.4 is 0 Å². The Kier molecular flexibility index (Phi) is 3.34. The predicted octanol–water partition coefficient (Wildman–Crippen LogP) is 3.81. The average molecular weight is 356 g/mol. The summed E-state index contributed by atoms with van der Waals surface area (Å²) in [4.78, 5) is 24.4. The summed E-state index contributed by atoms with van der Waals surface area (Å²) >= 11 is 0. The quantitative estimate of drug-likeness (QED) is 0.529. The van der Waals surface area contributed by atoms with E-state index < -0.39 is 5.41 Å². The highest BCUT2D eigenvalue weighted by atomic mass is 16.5. The number of hydrogen-bond acceptors (Lipinski definition) is 4. The molecule has 4 aliphatic carbocycles. The Morgan fingerprint density at radius 2 is 2.12 bits per heavy atom. The summed E-state index contributed by atoms with van der Waals surface area (Å²) < 4.78 is 11.3. The van der Waals surface area contributed by atoms with Crippen LogP contribution in [-0.2, 0) is 19.1 Å². The van der Waals surface area contributed by atoms with Crippen molar-refractivity contribution < 1.29 is 19.1 Å². The molecule has 4 nitrogen and oxygen atoms in total. The molecule has 4 unspecified atom stereocenters. The summed E-state index contributed by atoms with van der Waals surface area (Å²) in [6, 6.07) is 0. The average Bonchev–Trinajstić information content (AvgIpc) is 3.01. The third-order valence-corrected chi connectivity index (χ3v) is 8.64. The van der Waals surface area contributed by atoms with Crippen molar-refractivity contribution in [3.05, 3.63) is 23.8 Å². The van der Waals surface area contributed by atoms with Crippen LogP contribution in [0.2, 0.25) is 0 Å². The highest BCUT2D eigenvalue weighted by Gasteiger charge is 2.66. The van der Waals surface area contributed by atoms with E-state index in [1.165, 1.54) is 12.5 Å². The van der Waals surface area contributed by atoms with Gasteiger partial charge < -0.3 is 9.47 Å². The van der Waals surface area contributed by atoms with E-state index in [9.17, 15) is 9.59 Å². The molecule has 0 N–H and O–H groups in total. The summed E-state index contributed by atoms with van der Waals surface area (Å²) in [5.74, 6) is 1.61. The van der Waals surface area contributed by atoms with Crippen LogP contribution in [0.25, 0.3) is 0 Å². The zero-order chi connectivity index (χ0) is 18.3. The van der Waals surface area contributed by atoms with Crippen LogP contribution in [0.3, 0.4) is 0 Å². The van der Waals surface area contributed by atoms with Crippen molar-refractivity contribution in [2.24, 2.45) is 34.5 Å². The van der Waals surface area contributed by atoms with E-state index in [2.05, 4.69) is 19.6 Å². The van der Waals surface area contributed by atoms with Gasteiger partial charge in [-0.25, -0.2) is 0 Å². The van der Waals surface area contributed by atoms with Gasteiger partial charge in [-0.15, -0.1) is 0 Å². The number of ether oxygens (including phenoxy) is 2. The van der Waals surface area contributed by atoms with Gasteiger partial charge in [-0.3, -0.25) is 9.59 Å². The lowest BCUT2D eigenvalue weighted by Crippen LogP contribution is -2.54. The van der Waals surface area contributed by atoms with Crippen LogP contribution in [0, 0.1) is 34.5 Å². The molecule has 7 atom stereocenters. The Bertz CT molecular complexity index is 736. The molecule has 1 heterocycles. The van der Waals surface area contributed by atoms with E-state index in [1.54, 1.807) is 0 Å². The smallest absolute Gasteiger partial charge is 0.316 e. The molecule has 5 aliphatic rings. The van der Waals surface area contributed by atoms with Gasteiger partial charge in [-0.05, 0) is 80.3 Å². The van der Waals surface area contributed by atoms with Gasteiger partial charge in [-0.1, -0.05) is 12.7 Å². The van der Waals surface area contributed by atoms with E-state index in [4.69, 9.17) is 9.47 Å². The molecule has 1 aliphatic heterocycles. The van der Waals surface area contributed by atoms with Gasteiger partial charge in [0.2, 0.25) is 0 Å². The SMILES string of the molecule is C=C1[C@@H]2CCC3C4CC=C5COC(=O)C5(C)C4CC[C@]3(C2)[C@H]1OC(C)=O. The fraction of sp³-hybridized carbons (Fsp3) is 0.727. The molecular formula is C22H28O4. The molecule has 4 fully saturated rings. The third kappa shape index (κ3) is 1.86. The molecule has 2 bridgehead atoms. The largest absolute Gasteiger partial charge is 0.460 e. The van der Waals surface area contributed by atoms with Crippen molar-refractivity contribution in [2.75, 3.05) is 6.61 Å². The Balaban J connectivity index is 1.54. The van der Waals surface area contributed by atoms with Crippen LogP contribution in [0.15, 0.2) is 23.8 Å². The van der Waals surface area contributed by atoms with Crippen LogP contribution >= 0.6 is 0 Å². The zero-order valence-electron chi connectivity index (χ0n) is 15.8. The normalized spacial score (nSPS) is 48.8. The summed E-state index contributed by atoms with van der Waals surface area (Å²) in [5, 5.41) is 0. The highest BCUT2D eigenvalue weighted by Crippen LogP contribution is 2.69. The number of fused-ring (bicyclic) bond motifs is 5. The second-order valence-corrected chi connectivity index (χ2v) is 9.44. The Morgan fingerprint density at radius 3 is 2.88 bits per heavy atom. The Labute approximate surface area is 155 Å². The molecule has 1 spiro atoms. The van der Waals surface area contributed by atoms with Crippen molar-refractivity contribution in [2.45, 2.75) is 58.5 Å². The number of hydrogen-bond donors (Lipinski definition) is 0. The molecule has 5 rings (SSSR count). The van der Waals surface area contributed by atoms with Crippen LogP contribution in [0.1, 0.15) is 52.4 Å². The Morgan fingerprint density at radius 1 is 1.31 bits per heavy atom. The molecule has 0 radical (unpaired) electrons. The van der Waals surface area contributed by atoms with E-state index in [1.807, 2.05) is 0 Å². The van der Waals surface area contributed by atoms with Gasteiger partial charge in [-0.2, -0.15) is 0 Å². The molecule has 140 valence electrons. The van der Waals surface area contributed by atoms with Gasteiger partial charge in [0.1, 0.15) is 12.7 Å². The number of carbonyl (C=O) groups is 2. The van der Waals surface area contributed by atoms with Crippen molar-refractivity contribution >= 4 is 11.9 Å². The fourth-order valence-corrected chi connectivity index (χ4v) is 7.48. The number of allylic oxidation sites excluding steroid dienone is 1. The van der Waals surface area contributed by atoms with Crippen LogP contribution in [0.4, 0.5) is 0 Å². The van der Waals surface area contributed by atoms with Gasteiger partial charge in [0, 0.05) is 12.3 Å². The summed E-state index contributed by atoms with van der Waals surface area (Å²) in [5.41, 5.74) is 1.94. The maximum Gasteiger partial charge on any atom is 0.316 e. The fourth-order valence-electron chi connectivity index (χ4n) is 7.48. The maximum atomic E-state index is 12.6. The van der Waals surface area contributed by atoms with Crippen molar-refractivity contribution in [3.8, 4) is 0 Å². The van der Waals surface area contributed by atoms with Gasteiger partial charge in [0.05, 0.1) is 5.41 Å². The van der Waals surface area contributed by atoms with Crippen molar-refractivity contribution in [3.63, 3.8) is 0 Å². The second-order valence-electron chi connectivity index (χ2n) is 9.44. The van der Waals surface area contributed by atoms with Crippen LogP contribution in [0.5, 0.6) is 0 Å². The second kappa shape index (κ2) is 5.24. The number of cyclic esters (lactones) is 1. The monoisotopic (exact) mass is 356 g/mol. The summed E-state index contributed by atoms with van der Waals surface area (Å²) in [6.07, 6.45) is 8.64. The van der Waals surface area contributed by atoms with E-state index in [0.29, 0.717) is 30.3 Å². The first-order chi connectivity index (χ1) is 12.4. The zero-order valence-corrected chi connectivity index (χ0v) is 15.8. The first-order valence-corrected chi connectivity index (χ1v) is 10.1. The predicted molar refractivity (Wildman–Crippen MR) is 95.9 cm³/mol. The minimum atomic E-state index is -0.437. The Hall–Kier alpha value is -1.58. The minimum Gasteiger partial charge on any atom is -0.460 e. The number of rotatable bonds is 1. The molecule has 3 saturated carbocycles. The molecule has 4 heteroatoms. The van der Waals surface area contributed by atoms with Crippen molar-refractivity contribution in [1.82, 2.24) is 0 Å². The first-order valence-electron chi connectivity index (χ1n) is 10.1. The molecule has 0 aromatic carbocycles. The highest BCUT2D eigenvalue weighted by molar-refractivity contribution is 5.84. The molecule has 0 amide bonds. The molecule has 26 heavy (non-hydrogen) atoms. The minimum absolute atomic E-state index is 0.0320. The first kappa shape index (κ1) is 16.6. The summed E-state index contributed by atoms with van der Waals surface area (Å²) in [6.45, 7) is 8.43. The van der Waals surface area contributed by atoms with E-state index in [0.717, 1.165) is 44.1 Å². The lowest BCUT2D eigenvalue weighted by molar-refractivity contribution is -0.164. The van der Waals surface area contributed by atoms with E-state index in [-0.39, 0.29) is 23.5 Å². The molecule has 0 aromatic heterocycles. The molecule has 1 saturated heterocycles. The molecule has 0 aromatic rings. The summed E-state index contributed by atoms with van der Waals surface area (Å²) in [7, 11) is 0. The van der Waals surface area contributed by atoms with Gasteiger partial charge in [0.15, 0.2) is 0 Å². The lowest BCUT2D eigenvalue weighted by atomic mass is 9.47. The topological polar surface area (TPSA) is 52.6 Å². The van der Waals surface area contributed by atoms with Crippen LogP contribution in [-0.4, -0.2) is 24.6 Å². The third-order valence-electron chi connectivity index (χ3n) is 8.64. The molecular weight excluding hydrogens is 328 g/mol. The number of esters is 2. The maximum absolute atomic E-state index is 12.6. The standard InChI is InChI=1S/C22H28O4/c1-12-14-4-7-18-16-6-5-15-11-25-20(24)21(15,3)17(16)8-9-22(18,10-14)19(12)26-13(2)23/h5,14,16-19H,1,4,6-11H2,2-3H3/t14-,16?,17?,18?,19+,21?,22-/m1/s1. The van der Waals surface area contributed by atoms with Gasteiger partial charge >= 0.3 is 11.9 Å².